The van der Waals surface area contributed by atoms with Crippen LogP contribution in [0.2, 0.25) is 0 Å². The minimum Gasteiger partial charge on any atom is -0.314 e. The highest BCUT2D eigenvalue weighted by atomic mass is 15.2. The van der Waals surface area contributed by atoms with Gasteiger partial charge in [0.2, 0.25) is 0 Å². The molecular formula is C17H34N2. The summed E-state index contributed by atoms with van der Waals surface area (Å²) in [4.78, 5) is 2.80. The van der Waals surface area contributed by atoms with Gasteiger partial charge in [0.15, 0.2) is 0 Å². The van der Waals surface area contributed by atoms with Crippen LogP contribution in [0.3, 0.4) is 0 Å². The van der Waals surface area contributed by atoms with Crippen LogP contribution in [-0.4, -0.2) is 36.6 Å². The molecule has 19 heavy (non-hydrogen) atoms. The van der Waals surface area contributed by atoms with Gasteiger partial charge in [-0.1, -0.05) is 26.7 Å². The monoisotopic (exact) mass is 266 g/mol. The lowest BCUT2D eigenvalue weighted by molar-refractivity contribution is 0.101. The van der Waals surface area contributed by atoms with Crippen molar-refractivity contribution in [3.8, 4) is 0 Å². The highest BCUT2D eigenvalue weighted by Crippen LogP contribution is 2.31. The molecule has 2 aliphatic rings. The van der Waals surface area contributed by atoms with E-state index in [0.717, 1.165) is 18.0 Å². The smallest absolute Gasteiger partial charge is 0.00954 e. The van der Waals surface area contributed by atoms with Crippen molar-refractivity contribution in [3.05, 3.63) is 0 Å². The summed E-state index contributed by atoms with van der Waals surface area (Å²) < 4.78 is 0. The van der Waals surface area contributed by atoms with Gasteiger partial charge < -0.3 is 10.2 Å². The highest BCUT2D eigenvalue weighted by Gasteiger charge is 2.28. The zero-order valence-electron chi connectivity index (χ0n) is 13.2. The van der Waals surface area contributed by atoms with Crippen LogP contribution in [-0.2, 0) is 0 Å². The lowest BCUT2D eigenvalue weighted by Crippen LogP contribution is -2.47. The molecule has 0 spiro atoms. The van der Waals surface area contributed by atoms with E-state index in [9.17, 15) is 0 Å². The molecule has 2 nitrogen and oxygen atoms in total. The predicted molar refractivity (Wildman–Crippen MR) is 83.5 cm³/mol. The summed E-state index contributed by atoms with van der Waals surface area (Å²) in [6, 6.07) is 1.72. The third-order valence-electron chi connectivity index (χ3n) is 5.24. The number of rotatable bonds is 6. The van der Waals surface area contributed by atoms with Crippen LogP contribution in [0.4, 0.5) is 0 Å². The van der Waals surface area contributed by atoms with Gasteiger partial charge in [0.25, 0.3) is 0 Å². The van der Waals surface area contributed by atoms with Gasteiger partial charge in [-0.3, -0.25) is 0 Å². The van der Waals surface area contributed by atoms with Gasteiger partial charge in [0.1, 0.15) is 0 Å². The third kappa shape index (κ3) is 4.75. The van der Waals surface area contributed by atoms with E-state index in [-0.39, 0.29) is 0 Å². The molecule has 0 aromatic rings. The van der Waals surface area contributed by atoms with Crippen molar-refractivity contribution in [2.75, 3.05) is 19.6 Å². The van der Waals surface area contributed by atoms with Gasteiger partial charge in [-0.25, -0.2) is 0 Å². The van der Waals surface area contributed by atoms with Crippen LogP contribution in [0.5, 0.6) is 0 Å². The van der Waals surface area contributed by atoms with Crippen molar-refractivity contribution in [1.82, 2.24) is 10.2 Å². The van der Waals surface area contributed by atoms with Gasteiger partial charge in [-0.05, 0) is 70.5 Å². The first-order chi connectivity index (χ1) is 9.33. The fourth-order valence-electron chi connectivity index (χ4n) is 4.02. The van der Waals surface area contributed by atoms with Crippen molar-refractivity contribution in [3.63, 3.8) is 0 Å². The molecule has 0 bridgehead atoms. The molecule has 0 radical (unpaired) electrons. The quantitative estimate of drug-likeness (QED) is 0.786. The average molecular weight is 266 g/mol. The van der Waals surface area contributed by atoms with Crippen LogP contribution >= 0.6 is 0 Å². The van der Waals surface area contributed by atoms with Crippen molar-refractivity contribution in [2.45, 2.75) is 83.7 Å². The van der Waals surface area contributed by atoms with E-state index in [1.165, 1.54) is 77.4 Å². The molecule has 1 saturated heterocycles. The van der Waals surface area contributed by atoms with Crippen LogP contribution < -0.4 is 5.32 Å². The molecule has 1 aliphatic heterocycles. The lowest BCUT2D eigenvalue weighted by Gasteiger charge is -2.41. The second kappa shape index (κ2) is 8.26. The van der Waals surface area contributed by atoms with E-state index in [1.807, 2.05) is 0 Å². The Kier molecular flexibility index (Phi) is 6.66. The molecule has 1 aliphatic carbocycles. The molecule has 0 unspecified atom stereocenters. The maximum Gasteiger partial charge on any atom is 0.00954 e. The summed E-state index contributed by atoms with van der Waals surface area (Å²) in [7, 11) is 0. The number of piperidine rings is 1. The van der Waals surface area contributed by atoms with Gasteiger partial charge >= 0.3 is 0 Å². The van der Waals surface area contributed by atoms with Crippen LogP contribution in [0.15, 0.2) is 0 Å². The molecule has 0 aromatic carbocycles. The molecule has 1 saturated carbocycles. The van der Waals surface area contributed by atoms with Crippen molar-refractivity contribution < 1.29 is 0 Å². The maximum atomic E-state index is 3.69. The van der Waals surface area contributed by atoms with E-state index < -0.39 is 0 Å². The van der Waals surface area contributed by atoms with Crippen LogP contribution in [0.25, 0.3) is 0 Å². The summed E-state index contributed by atoms with van der Waals surface area (Å²) in [5, 5.41) is 3.69. The summed E-state index contributed by atoms with van der Waals surface area (Å²) >= 11 is 0. The Morgan fingerprint density at radius 1 is 0.895 bits per heavy atom. The standard InChI is InChI=1S/C17H34N2/c1-3-5-15-6-8-17(9-7-15)19-13-10-16(11-14-19)18-12-4-2/h15-18H,3-14H2,1-2H3. The average Bonchev–Trinajstić information content (AvgIpc) is 2.47. The van der Waals surface area contributed by atoms with E-state index in [4.69, 9.17) is 0 Å². The molecule has 1 N–H and O–H groups in total. The Hall–Kier alpha value is -0.0800. The van der Waals surface area contributed by atoms with Crippen LogP contribution in [0, 0.1) is 5.92 Å². The molecule has 0 atom stereocenters. The molecule has 1 heterocycles. The minimum absolute atomic E-state index is 0.799. The normalized spacial score (nSPS) is 30.6. The zero-order chi connectivity index (χ0) is 13.5. The Morgan fingerprint density at radius 2 is 1.58 bits per heavy atom. The van der Waals surface area contributed by atoms with E-state index >= 15 is 0 Å². The molecule has 2 fully saturated rings. The molecule has 0 aromatic heterocycles. The predicted octanol–water partition coefficient (Wildman–Crippen LogP) is 3.81. The minimum atomic E-state index is 0.799. The van der Waals surface area contributed by atoms with E-state index in [2.05, 4.69) is 24.1 Å². The molecular weight excluding hydrogens is 232 g/mol. The Morgan fingerprint density at radius 3 is 2.16 bits per heavy atom. The highest BCUT2D eigenvalue weighted by molar-refractivity contribution is 4.84. The first kappa shape index (κ1) is 15.3. The van der Waals surface area contributed by atoms with Crippen molar-refractivity contribution in [2.24, 2.45) is 5.92 Å². The third-order valence-corrected chi connectivity index (χ3v) is 5.24. The summed E-state index contributed by atoms with van der Waals surface area (Å²) in [6.45, 7) is 8.47. The molecule has 0 amide bonds. The number of hydrogen-bond donors (Lipinski definition) is 1. The molecule has 2 heteroatoms. The molecule has 2 rings (SSSR count). The van der Waals surface area contributed by atoms with Gasteiger partial charge in [0.05, 0.1) is 0 Å². The second-order valence-corrected chi connectivity index (χ2v) is 6.73. The van der Waals surface area contributed by atoms with Crippen molar-refractivity contribution >= 4 is 0 Å². The first-order valence-corrected chi connectivity index (χ1v) is 8.80. The van der Waals surface area contributed by atoms with Gasteiger partial charge in [-0.15, -0.1) is 0 Å². The van der Waals surface area contributed by atoms with Gasteiger partial charge in [0, 0.05) is 12.1 Å². The zero-order valence-corrected chi connectivity index (χ0v) is 13.2. The number of likely N-dealkylation sites (tertiary alicyclic amines) is 1. The van der Waals surface area contributed by atoms with Gasteiger partial charge in [-0.2, -0.15) is 0 Å². The second-order valence-electron chi connectivity index (χ2n) is 6.73. The van der Waals surface area contributed by atoms with Crippen LogP contribution in [0.1, 0.15) is 71.6 Å². The molecule has 112 valence electrons. The van der Waals surface area contributed by atoms with Crippen molar-refractivity contribution in [1.29, 1.82) is 0 Å². The topological polar surface area (TPSA) is 15.3 Å². The largest absolute Gasteiger partial charge is 0.314 e. The Labute approximate surface area is 120 Å². The van der Waals surface area contributed by atoms with E-state index in [0.29, 0.717) is 0 Å². The summed E-state index contributed by atoms with van der Waals surface area (Å²) in [6.07, 6.45) is 12.8. The Bertz CT molecular complexity index is 225. The number of nitrogens with zero attached hydrogens (tertiary/aromatic N) is 1. The summed E-state index contributed by atoms with van der Waals surface area (Å²) in [5.41, 5.74) is 0. The number of nitrogens with one attached hydrogen (secondary N) is 1. The number of hydrogen-bond acceptors (Lipinski definition) is 2. The Balaban J connectivity index is 1.65. The van der Waals surface area contributed by atoms with E-state index in [1.54, 1.807) is 0 Å². The lowest BCUT2D eigenvalue weighted by atomic mass is 9.82. The maximum absolute atomic E-state index is 3.69. The summed E-state index contributed by atoms with van der Waals surface area (Å²) in [5.74, 6) is 1.05. The SMILES string of the molecule is CCCNC1CCN(C2CCC(CCC)CC2)CC1. The fraction of sp³-hybridized carbons (Fsp3) is 1.00. The fourth-order valence-corrected chi connectivity index (χ4v) is 4.02. The first-order valence-electron chi connectivity index (χ1n) is 8.80.